The molecule has 148 valence electrons. The number of para-hydroxylation sites is 1. The molecule has 1 N–H and O–H groups in total. The number of aromatic nitrogens is 3. The summed E-state index contributed by atoms with van der Waals surface area (Å²) in [5.74, 6) is 2.21. The fourth-order valence-electron chi connectivity index (χ4n) is 2.97. The molecule has 0 bridgehead atoms. The smallest absolute Gasteiger partial charge is 0.234 e. The third-order valence-electron chi connectivity index (χ3n) is 4.41. The molecule has 4 rings (SSSR count). The Labute approximate surface area is 172 Å². The van der Waals surface area contributed by atoms with Crippen LogP contribution in [0.1, 0.15) is 5.56 Å². The molecular weight excluding hydrogens is 388 g/mol. The van der Waals surface area contributed by atoms with Crippen LogP contribution in [0.25, 0.3) is 11.4 Å². The number of hydrogen-bond donors (Lipinski definition) is 1. The molecule has 0 fully saturated rings. The lowest BCUT2D eigenvalue weighted by Crippen LogP contribution is -2.15. The molecule has 0 spiro atoms. The summed E-state index contributed by atoms with van der Waals surface area (Å²) in [7, 11) is 0. The van der Waals surface area contributed by atoms with Crippen molar-refractivity contribution in [2.24, 2.45) is 0 Å². The van der Waals surface area contributed by atoms with Gasteiger partial charge in [-0.05, 0) is 36.8 Å². The highest BCUT2D eigenvalue weighted by atomic mass is 32.2. The third kappa shape index (κ3) is 4.12. The Kier molecular flexibility index (Phi) is 5.53. The first-order chi connectivity index (χ1) is 14.2. The summed E-state index contributed by atoms with van der Waals surface area (Å²) in [5.41, 5.74) is 2.69. The number of ether oxygens (including phenoxy) is 2. The second kappa shape index (κ2) is 8.40. The average Bonchev–Trinajstić information content (AvgIpc) is 3.35. The van der Waals surface area contributed by atoms with E-state index in [1.807, 2.05) is 54.0 Å². The molecule has 0 atom stereocenters. The van der Waals surface area contributed by atoms with Gasteiger partial charge in [0.2, 0.25) is 12.7 Å². The van der Waals surface area contributed by atoms with Crippen LogP contribution in [0.3, 0.4) is 0 Å². The number of rotatable bonds is 7. The second-order valence-electron chi connectivity index (χ2n) is 6.43. The molecule has 0 aliphatic carbocycles. The lowest BCUT2D eigenvalue weighted by Gasteiger charge is -2.09. The lowest BCUT2D eigenvalue weighted by molar-refractivity contribution is -0.113. The van der Waals surface area contributed by atoms with Crippen LogP contribution < -0.4 is 14.8 Å². The van der Waals surface area contributed by atoms with E-state index in [4.69, 9.17) is 9.47 Å². The second-order valence-corrected chi connectivity index (χ2v) is 7.37. The van der Waals surface area contributed by atoms with Crippen LogP contribution >= 0.6 is 11.8 Å². The highest BCUT2D eigenvalue weighted by molar-refractivity contribution is 7.99. The normalized spacial score (nSPS) is 12.0. The van der Waals surface area contributed by atoms with Crippen LogP contribution in [0.4, 0.5) is 5.69 Å². The molecule has 0 saturated heterocycles. The molecule has 2 heterocycles. The number of amides is 1. The summed E-state index contributed by atoms with van der Waals surface area (Å²) in [4.78, 5) is 12.4. The number of benzene rings is 2. The molecule has 2 aromatic carbocycles. The van der Waals surface area contributed by atoms with Crippen molar-refractivity contribution in [2.45, 2.75) is 18.6 Å². The monoisotopic (exact) mass is 408 g/mol. The van der Waals surface area contributed by atoms with Gasteiger partial charge in [0.05, 0.1) is 5.75 Å². The zero-order chi connectivity index (χ0) is 20.2. The Balaban J connectivity index is 1.50. The molecular formula is C21H20N4O3S. The topological polar surface area (TPSA) is 78.3 Å². The van der Waals surface area contributed by atoms with E-state index in [2.05, 4.69) is 22.1 Å². The Morgan fingerprint density at radius 3 is 2.90 bits per heavy atom. The minimum absolute atomic E-state index is 0.0953. The first-order valence-corrected chi connectivity index (χ1v) is 10.1. The minimum Gasteiger partial charge on any atom is -0.454 e. The Morgan fingerprint density at radius 1 is 1.24 bits per heavy atom. The van der Waals surface area contributed by atoms with E-state index < -0.39 is 0 Å². The van der Waals surface area contributed by atoms with Crippen LogP contribution in [0, 0.1) is 6.92 Å². The number of aryl methyl sites for hydroxylation is 1. The summed E-state index contributed by atoms with van der Waals surface area (Å²) >= 11 is 1.33. The van der Waals surface area contributed by atoms with Crippen molar-refractivity contribution in [1.29, 1.82) is 0 Å². The van der Waals surface area contributed by atoms with Crippen molar-refractivity contribution < 1.29 is 14.3 Å². The predicted molar refractivity (Wildman–Crippen MR) is 112 cm³/mol. The van der Waals surface area contributed by atoms with Gasteiger partial charge in [0, 0.05) is 17.8 Å². The largest absolute Gasteiger partial charge is 0.454 e. The van der Waals surface area contributed by atoms with Crippen LogP contribution in [-0.2, 0) is 11.3 Å². The maximum atomic E-state index is 12.4. The Hall–Kier alpha value is -3.26. The van der Waals surface area contributed by atoms with Gasteiger partial charge in [-0.15, -0.1) is 16.8 Å². The van der Waals surface area contributed by atoms with Gasteiger partial charge in [-0.1, -0.05) is 36.0 Å². The molecule has 0 saturated carbocycles. The van der Waals surface area contributed by atoms with Crippen molar-refractivity contribution in [3.63, 3.8) is 0 Å². The van der Waals surface area contributed by atoms with E-state index in [9.17, 15) is 4.79 Å². The molecule has 7 nitrogen and oxygen atoms in total. The van der Waals surface area contributed by atoms with Gasteiger partial charge in [-0.3, -0.25) is 9.36 Å². The molecule has 1 amide bonds. The first kappa shape index (κ1) is 19.1. The van der Waals surface area contributed by atoms with E-state index in [-0.39, 0.29) is 18.5 Å². The molecule has 0 radical (unpaired) electrons. The summed E-state index contributed by atoms with van der Waals surface area (Å²) in [6.07, 6.45) is 1.78. The number of carbonyl (C=O) groups excluding carboxylic acids is 1. The standard InChI is InChI=1S/C21H20N4O3S/c1-3-10-25-20(15-8-9-17-18(11-15)28-13-27-17)23-24-21(25)29-12-19(26)22-16-7-5-4-6-14(16)2/h3-9,11H,1,10,12-13H2,2H3,(H,22,26). The lowest BCUT2D eigenvalue weighted by atomic mass is 10.2. The SMILES string of the molecule is C=CCn1c(SCC(=O)Nc2ccccc2C)nnc1-c1ccc2c(c1)OCO2. The number of nitrogens with one attached hydrogen (secondary N) is 1. The fourth-order valence-corrected chi connectivity index (χ4v) is 3.72. The Morgan fingerprint density at radius 2 is 2.07 bits per heavy atom. The molecule has 1 aliphatic heterocycles. The van der Waals surface area contributed by atoms with E-state index in [1.165, 1.54) is 11.8 Å². The maximum Gasteiger partial charge on any atom is 0.234 e. The predicted octanol–water partition coefficient (Wildman–Crippen LogP) is 3.90. The molecule has 29 heavy (non-hydrogen) atoms. The first-order valence-electron chi connectivity index (χ1n) is 9.08. The fraction of sp³-hybridized carbons (Fsp3) is 0.190. The number of thioether (sulfide) groups is 1. The zero-order valence-corrected chi connectivity index (χ0v) is 16.7. The van der Waals surface area contributed by atoms with Gasteiger partial charge in [0.25, 0.3) is 0 Å². The Bertz CT molecular complexity index is 1060. The summed E-state index contributed by atoms with van der Waals surface area (Å²) in [6.45, 7) is 6.52. The highest BCUT2D eigenvalue weighted by Crippen LogP contribution is 2.36. The highest BCUT2D eigenvalue weighted by Gasteiger charge is 2.19. The number of anilines is 1. The van der Waals surface area contributed by atoms with Gasteiger partial charge < -0.3 is 14.8 Å². The number of nitrogens with zero attached hydrogens (tertiary/aromatic N) is 3. The van der Waals surface area contributed by atoms with E-state index in [0.717, 1.165) is 16.8 Å². The third-order valence-corrected chi connectivity index (χ3v) is 5.38. The summed E-state index contributed by atoms with van der Waals surface area (Å²) in [6, 6.07) is 13.3. The molecule has 3 aromatic rings. The summed E-state index contributed by atoms with van der Waals surface area (Å²) < 4.78 is 12.7. The van der Waals surface area contributed by atoms with Gasteiger partial charge in [-0.25, -0.2) is 0 Å². The van der Waals surface area contributed by atoms with Gasteiger partial charge in [0.1, 0.15) is 0 Å². The zero-order valence-electron chi connectivity index (χ0n) is 15.9. The van der Waals surface area contributed by atoms with Gasteiger partial charge >= 0.3 is 0 Å². The van der Waals surface area contributed by atoms with E-state index >= 15 is 0 Å². The molecule has 0 unspecified atom stereocenters. The van der Waals surface area contributed by atoms with Crippen LogP contribution in [-0.4, -0.2) is 33.2 Å². The molecule has 1 aromatic heterocycles. The van der Waals surface area contributed by atoms with E-state index in [0.29, 0.717) is 29.0 Å². The quantitative estimate of drug-likeness (QED) is 0.472. The minimum atomic E-state index is -0.0953. The van der Waals surface area contributed by atoms with Crippen molar-refractivity contribution in [3.05, 3.63) is 60.7 Å². The van der Waals surface area contributed by atoms with Crippen LogP contribution in [0.15, 0.2) is 60.3 Å². The van der Waals surface area contributed by atoms with Gasteiger partial charge in [-0.2, -0.15) is 0 Å². The molecule has 1 aliphatic rings. The average molecular weight is 408 g/mol. The number of allylic oxidation sites excluding steroid dienone is 1. The number of hydrogen-bond acceptors (Lipinski definition) is 6. The molecule has 8 heteroatoms. The van der Waals surface area contributed by atoms with Crippen molar-refractivity contribution in [1.82, 2.24) is 14.8 Å². The van der Waals surface area contributed by atoms with Crippen LogP contribution in [0.2, 0.25) is 0 Å². The van der Waals surface area contributed by atoms with Crippen molar-refractivity contribution >= 4 is 23.4 Å². The van der Waals surface area contributed by atoms with Crippen molar-refractivity contribution in [3.8, 4) is 22.9 Å². The van der Waals surface area contributed by atoms with E-state index in [1.54, 1.807) is 6.08 Å². The van der Waals surface area contributed by atoms with Crippen molar-refractivity contribution in [2.75, 3.05) is 17.9 Å². The number of fused-ring (bicyclic) bond motifs is 1. The number of carbonyl (C=O) groups is 1. The van der Waals surface area contributed by atoms with Crippen LogP contribution in [0.5, 0.6) is 11.5 Å². The van der Waals surface area contributed by atoms with Gasteiger partial charge in [0.15, 0.2) is 22.5 Å². The maximum absolute atomic E-state index is 12.4. The summed E-state index contributed by atoms with van der Waals surface area (Å²) in [5, 5.41) is 12.2.